The van der Waals surface area contributed by atoms with E-state index < -0.39 is 9.84 Å². The highest BCUT2D eigenvalue weighted by molar-refractivity contribution is 14.1. The van der Waals surface area contributed by atoms with E-state index in [1.807, 2.05) is 18.2 Å². The van der Waals surface area contributed by atoms with Crippen molar-refractivity contribution in [3.63, 3.8) is 0 Å². The van der Waals surface area contributed by atoms with Crippen LogP contribution in [-0.2, 0) is 9.84 Å². The van der Waals surface area contributed by atoms with Gasteiger partial charge in [0.25, 0.3) is 5.91 Å². The standard InChI is InChI=1S/C11H12INO3S/c12-10-4-2-1-3-9(10)11(14)13-5-7-17(15,16)8-6-13/h1-4H,5-8H2. The van der Waals surface area contributed by atoms with Crippen molar-refractivity contribution in [3.8, 4) is 0 Å². The molecule has 1 heterocycles. The second kappa shape index (κ2) is 4.93. The molecule has 0 unspecified atom stereocenters. The number of halogens is 1. The summed E-state index contributed by atoms with van der Waals surface area (Å²) in [6.45, 7) is 0.596. The first-order valence-corrected chi connectivity index (χ1v) is 8.14. The van der Waals surface area contributed by atoms with E-state index in [2.05, 4.69) is 22.6 Å². The summed E-state index contributed by atoms with van der Waals surface area (Å²) in [4.78, 5) is 13.8. The van der Waals surface area contributed by atoms with Gasteiger partial charge in [-0.15, -0.1) is 0 Å². The van der Waals surface area contributed by atoms with Crippen molar-refractivity contribution in [1.82, 2.24) is 4.90 Å². The molecule has 4 nitrogen and oxygen atoms in total. The topological polar surface area (TPSA) is 54.5 Å². The molecule has 0 aliphatic carbocycles. The van der Waals surface area contributed by atoms with E-state index in [0.29, 0.717) is 18.7 Å². The number of hydrogen-bond donors (Lipinski definition) is 0. The number of benzene rings is 1. The number of sulfone groups is 1. The third-order valence-electron chi connectivity index (χ3n) is 2.74. The molecule has 0 N–H and O–H groups in total. The maximum atomic E-state index is 12.2. The van der Waals surface area contributed by atoms with E-state index in [-0.39, 0.29) is 17.4 Å². The second-order valence-corrected chi connectivity index (χ2v) is 7.39. The number of carbonyl (C=O) groups excluding carboxylic acids is 1. The van der Waals surface area contributed by atoms with E-state index in [4.69, 9.17) is 0 Å². The Hall–Kier alpha value is -0.630. The molecule has 1 aliphatic heterocycles. The van der Waals surface area contributed by atoms with Gasteiger partial charge in [-0.25, -0.2) is 8.42 Å². The Kier molecular flexibility index (Phi) is 3.72. The minimum absolute atomic E-state index is 0.0716. The number of hydrogen-bond acceptors (Lipinski definition) is 3. The summed E-state index contributed by atoms with van der Waals surface area (Å²) in [6, 6.07) is 7.33. The van der Waals surface area contributed by atoms with Gasteiger partial charge in [0.05, 0.1) is 17.1 Å². The van der Waals surface area contributed by atoms with Crippen LogP contribution in [-0.4, -0.2) is 43.8 Å². The average molecular weight is 365 g/mol. The summed E-state index contributed by atoms with van der Waals surface area (Å²) in [7, 11) is -2.94. The summed E-state index contributed by atoms with van der Waals surface area (Å²) >= 11 is 2.11. The zero-order valence-electron chi connectivity index (χ0n) is 9.10. The lowest BCUT2D eigenvalue weighted by molar-refractivity contribution is 0.0769. The first-order valence-electron chi connectivity index (χ1n) is 5.24. The van der Waals surface area contributed by atoms with Crippen LogP contribution in [0.15, 0.2) is 24.3 Å². The largest absolute Gasteiger partial charge is 0.337 e. The Labute approximate surface area is 114 Å². The molecule has 2 rings (SSSR count). The highest BCUT2D eigenvalue weighted by Crippen LogP contribution is 2.15. The maximum Gasteiger partial charge on any atom is 0.254 e. The SMILES string of the molecule is O=C(c1ccccc1I)N1CCS(=O)(=O)CC1. The molecule has 17 heavy (non-hydrogen) atoms. The van der Waals surface area contributed by atoms with Crippen molar-refractivity contribution in [2.24, 2.45) is 0 Å². The summed E-state index contributed by atoms with van der Waals surface area (Å²) in [5, 5.41) is 0. The molecule has 0 saturated carbocycles. The van der Waals surface area contributed by atoms with Crippen LogP contribution in [0, 0.1) is 3.57 Å². The third-order valence-corrected chi connectivity index (χ3v) is 5.29. The van der Waals surface area contributed by atoms with Gasteiger partial charge in [0.15, 0.2) is 9.84 Å². The van der Waals surface area contributed by atoms with Crippen molar-refractivity contribution < 1.29 is 13.2 Å². The third kappa shape index (κ3) is 2.98. The monoisotopic (exact) mass is 365 g/mol. The summed E-state index contributed by atoms with van der Waals surface area (Å²) in [6.07, 6.45) is 0. The second-order valence-electron chi connectivity index (χ2n) is 3.92. The Bertz CT molecular complexity index is 527. The fraction of sp³-hybridized carbons (Fsp3) is 0.364. The first-order chi connectivity index (χ1) is 7.99. The van der Waals surface area contributed by atoms with Crippen LogP contribution in [0.5, 0.6) is 0 Å². The fourth-order valence-electron chi connectivity index (χ4n) is 1.72. The number of rotatable bonds is 1. The Morgan fingerprint density at radius 2 is 1.76 bits per heavy atom. The summed E-state index contributed by atoms with van der Waals surface area (Å²) in [5.41, 5.74) is 0.646. The molecule has 1 saturated heterocycles. The molecule has 0 spiro atoms. The lowest BCUT2D eigenvalue weighted by Crippen LogP contribution is -2.43. The minimum atomic E-state index is -2.94. The van der Waals surface area contributed by atoms with Gasteiger partial charge >= 0.3 is 0 Å². The molecule has 0 atom stereocenters. The summed E-state index contributed by atoms with van der Waals surface area (Å²) < 4.78 is 23.5. The maximum absolute atomic E-state index is 12.2. The van der Waals surface area contributed by atoms with Crippen molar-refractivity contribution >= 4 is 38.3 Å². The Morgan fingerprint density at radius 1 is 1.18 bits per heavy atom. The normalized spacial score (nSPS) is 19.0. The van der Waals surface area contributed by atoms with Crippen LogP contribution < -0.4 is 0 Å². The number of nitrogens with zero attached hydrogens (tertiary/aromatic N) is 1. The molecular weight excluding hydrogens is 353 g/mol. The Balaban J connectivity index is 2.15. The molecular formula is C11H12INO3S. The average Bonchev–Trinajstić information content (AvgIpc) is 2.29. The summed E-state index contributed by atoms with van der Waals surface area (Å²) in [5.74, 6) is 0.0644. The van der Waals surface area contributed by atoms with Crippen LogP contribution in [0.3, 0.4) is 0 Å². The van der Waals surface area contributed by atoms with Gasteiger partial charge in [0.2, 0.25) is 0 Å². The van der Waals surface area contributed by atoms with Crippen LogP contribution in [0.4, 0.5) is 0 Å². The number of amides is 1. The predicted molar refractivity (Wildman–Crippen MR) is 73.7 cm³/mol. The molecule has 1 fully saturated rings. The van der Waals surface area contributed by atoms with E-state index in [1.54, 1.807) is 11.0 Å². The quantitative estimate of drug-likeness (QED) is 0.702. The van der Waals surface area contributed by atoms with Crippen LogP contribution in [0.2, 0.25) is 0 Å². The lowest BCUT2D eigenvalue weighted by atomic mass is 10.2. The predicted octanol–water partition coefficient (Wildman–Crippen LogP) is 1.16. The van der Waals surface area contributed by atoms with Gasteiger partial charge in [-0.05, 0) is 34.7 Å². The van der Waals surface area contributed by atoms with Gasteiger partial charge in [-0.2, -0.15) is 0 Å². The highest BCUT2D eigenvalue weighted by Gasteiger charge is 2.26. The fourth-order valence-corrected chi connectivity index (χ4v) is 3.54. The highest BCUT2D eigenvalue weighted by atomic mass is 127. The van der Waals surface area contributed by atoms with Crippen molar-refractivity contribution in [2.75, 3.05) is 24.6 Å². The molecule has 0 bridgehead atoms. The lowest BCUT2D eigenvalue weighted by Gasteiger charge is -2.27. The van der Waals surface area contributed by atoms with E-state index in [0.717, 1.165) is 3.57 Å². The van der Waals surface area contributed by atoms with Gasteiger partial charge < -0.3 is 4.90 Å². The molecule has 0 radical (unpaired) electrons. The molecule has 1 aliphatic rings. The van der Waals surface area contributed by atoms with E-state index in [1.165, 1.54) is 0 Å². The molecule has 1 amide bonds. The smallest absolute Gasteiger partial charge is 0.254 e. The zero-order chi connectivity index (χ0) is 12.5. The Morgan fingerprint density at radius 3 is 2.35 bits per heavy atom. The molecule has 1 aromatic carbocycles. The molecule has 1 aromatic rings. The zero-order valence-corrected chi connectivity index (χ0v) is 12.1. The van der Waals surface area contributed by atoms with Crippen LogP contribution in [0.1, 0.15) is 10.4 Å². The molecule has 92 valence electrons. The van der Waals surface area contributed by atoms with Crippen LogP contribution >= 0.6 is 22.6 Å². The molecule has 0 aromatic heterocycles. The number of carbonyl (C=O) groups is 1. The van der Waals surface area contributed by atoms with Gasteiger partial charge in [0.1, 0.15) is 0 Å². The van der Waals surface area contributed by atoms with Crippen molar-refractivity contribution in [3.05, 3.63) is 33.4 Å². The van der Waals surface area contributed by atoms with Crippen molar-refractivity contribution in [2.45, 2.75) is 0 Å². The van der Waals surface area contributed by atoms with Gasteiger partial charge in [-0.3, -0.25) is 4.79 Å². The first kappa shape index (κ1) is 12.8. The van der Waals surface area contributed by atoms with E-state index >= 15 is 0 Å². The van der Waals surface area contributed by atoms with E-state index in [9.17, 15) is 13.2 Å². The minimum Gasteiger partial charge on any atom is -0.337 e. The van der Waals surface area contributed by atoms with Gasteiger partial charge in [-0.1, -0.05) is 12.1 Å². The van der Waals surface area contributed by atoms with Crippen molar-refractivity contribution in [1.29, 1.82) is 0 Å². The molecule has 6 heteroatoms. The van der Waals surface area contributed by atoms with Crippen LogP contribution in [0.25, 0.3) is 0 Å². The van der Waals surface area contributed by atoms with Gasteiger partial charge in [0, 0.05) is 16.7 Å².